The SMILES string of the molecule is O=C(NC1CCC(C(F)(F)F)CC1)c1nc(-n2ccnc2)cc2cn[nH]c12. The third kappa shape index (κ3) is 3.51. The number of hydrogen-bond donors (Lipinski definition) is 2. The zero-order valence-electron chi connectivity index (χ0n) is 14.2. The first-order chi connectivity index (χ1) is 12.9. The summed E-state index contributed by atoms with van der Waals surface area (Å²) in [5.74, 6) is -1.21. The Kier molecular flexibility index (Phi) is 4.33. The zero-order valence-corrected chi connectivity index (χ0v) is 14.2. The fourth-order valence-electron chi connectivity index (χ4n) is 3.45. The van der Waals surface area contributed by atoms with E-state index in [9.17, 15) is 18.0 Å². The highest BCUT2D eigenvalue weighted by atomic mass is 19.4. The van der Waals surface area contributed by atoms with Crippen LogP contribution in [0, 0.1) is 5.92 Å². The maximum Gasteiger partial charge on any atom is 0.391 e. The number of nitrogens with zero attached hydrogens (tertiary/aromatic N) is 4. The summed E-state index contributed by atoms with van der Waals surface area (Å²) in [6.07, 6.45) is 2.92. The number of fused-ring (bicyclic) bond motifs is 1. The van der Waals surface area contributed by atoms with Crippen molar-refractivity contribution in [3.05, 3.63) is 36.7 Å². The van der Waals surface area contributed by atoms with Crippen LogP contribution in [0.5, 0.6) is 0 Å². The van der Waals surface area contributed by atoms with Crippen molar-refractivity contribution in [1.29, 1.82) is 0 Å². The van der Waals surface area contributed by atoms with Crippen LogP contribution in [0.15, 0.2) is 31.0 Å². The standard InChI is InChI=1S/C17H17F3N6O/c18-17(19,20)11-1-3-12(4-2-11)23-16(27)15-14-10(8-22-25-14)7-13(24-15)26-6-5-21-9-26/h5-9,11-12H,1-4H2,(H,22,25)(H,23,27). The summed E-state index contributed by atoms with van der Waals surface area (Å²) in [6.45, 7) is 0. The van der Waals surface area contributed by atoms with Gasteiger partial charge < -0.3 is 5.32 Å². The molecule has 27 heavy (non-hydrogen) atoms. The lowest BCUT2D eigenvalue weighted by molar-refractivity contribution is -0.182. The number of alkyl halides is 3. The molecule has 3 aromatic heterocycles. The Bertz CT molecular complexity index is 941. The lowest BCUT2D eigenvalue weighted by Crippen LogP contribution is -2.40. The Balaban J connectivity index is 1.54. The van der Waals surface area contributed by atoms with Gasteiger partial charge in [0, 0.05) is 23.8 Å². The van der Waals surface area contributed by atoms with E-state index in [0.29, 0.717) is 29.6 Å². The molecule has 0 bridgehead atoms. The van der Waals surface area contributed by atoms with Gasteiger partial charge in [-0.15, -0.1) is 0 Å². The molecule has 1 fully saturated rings. The van der Waals surface area contributed by atoms with Gasteiger partial charge in [-0.3, -0.25) is 14.5 Å². The number of carbonyl (C=O) groups excluding carboxylic acids is 1. The van der Waals surface area contributed by atoms with E-state index in [-0.39, 0.29) is 24.6 Å². The lowest BCUT2D eigenvalue weighted by atomic mass is 9.85. The van der Waals surface area contributed by atoms with E-state index in [1.54, 1.807) is 35.6 Å². The van der Waals surface area contributed by atoms with E-state index >= 15 is 0 Å². The summed E-state index contributed by atoms with van der Waals surface area (Å²) in [5, 5.41) is 10.2. The summed E-state index contributed by atoms with van der Waals surface area (Å²) in [5.41, 5.74) is 0.645. The minimum atomic E-state index is -4.17. The fraction of sp³-hybridized carbons (Fsp3) is 0.412. The van der Waals surface area contributed by atoms with Crippen molar-refractivity contribution in [2.24, 2.45) is 5.92 Å². The number of aromatic amines is 1. The van der Waals surface area contributed by atoms with Crippen LogP contribution in [0.1, 0.15) is 36.2 Å². The van der Waals surface area contributed by atoms with E-state index in [1.807, 2.05) is 0 Å². The van der Waals surface area contributed by atoms with E-state index in [0.717, 1.165) is 0 Å². The molecule has 4 rings (SSSR count). The van der Waals surface area contributed by atoms with Crippen molar-refractivity contribution in [3.63, 3.8) is 0 Å². The van der Waals surface area contributed by atoms with Gasteiger partial charge >= 0.3 is 6.18 Å². The average Bonchev–Trinajstić information content (AvgIpc) is 3.32. The van der Waals surface area contributed by atoms with Gasteiger partial charge in [0.05, 0.1) is 17.6 Å². The second-order valence-electron chi connectivity index (χ2n) is 6.70. The number of amides is 1. The van der Waals surface area contributed by atoms with Crippen LogP contribution >= 0.6 is 0 Å². The molecule has 0 aromatic carbocycles. The molecule has 0 spiro atoms. The summed E-state index contributed by atoms with van der Waals surface area (Å²) in [7, 11) is 0. The molecule has 142 valence electrons. The monoisotopic (exact) mass is 378 g/mol. The van der Waals surface area contributed by atoms with Crippen LogP contribution in [-0.2, 0) is 0 Å². The van der Waals surface area contributed by atoms with Gasteiger partial charge in [0.25, 0.3) is 5.91 Å². The van der Waals surface area contributed by atoms with E-state index in [4.69, 9.17) is 0 Å². The molecule has 1 amide bonds. The predicted octanol–water partition coefficient (Wildman–Crippen LogP) is 2.99. The molecule has 7 nitrogen and oxygen atoms in total. The molecule has 0 atom stereocenters. The number of halogens is 3. The molecule has 0 radical (unpaired) electrons. The summed E-state index contributed by atoms with van der Waals surface area (Å²) in [6, 6.07) is 1.47. The quantitative estimate of drug-likeness (QED) is 0.733. The summed E-state index contributed by atoms with van der Waals surface area (Å²) < 4.78 is 40.1. The van der Waals surface area contributed by atoms with Gasteiger partial charge in [-0.2, -0.15) is 18.3 Å². The van der Waals surface area contributed by atoms with Crippen molar-refractivity contribution in [1.82, 2.24) is 30.0 Å². The van der Waals surface area contributed by atoms with E-state index < -0.39 is 18.0 Å². The number of hydrogen-bond acceptors (Lipinski definition) is 4. The van der Waals surface area contributed by atoms with Gasteiger partial charge in [-0.25, -0.2) is 9.97 Å². The largest absolute Gasteiger partial charge is 0.391 e. The first kappa shape index (κ1) is 17.5. The Morgan fingerprint density at radius 1 is 1.26 bits per heavy atom. The van der Waals surface area contributed by atoms with Crippen LogP contribution < -0.4 is 5.32 Å². The summed E-state index contributed by atoms with van der Waals surface area (Å²) in [4.78, 5) is 21.1. The molecule has 1 aliphatic rings. The number of aromatic nitrogens is 5. The van der Waals surface area contributed by atoms with Gasteiger partial charge in [-0.05, 0) is 31.7 Å². The third-order valence-electron chi connectivity index (χ3n) is 4.93. The van der Waals surface area contributed by atoms with Crippen LogP contribution in [0.4, 0.5) is 13.2 Å². The third-order valence-corrected chi connectivity index (χ3v) is 4.93. The molecular formula is C17H17F3N6O. The van der Waals surface area contributed by atoms with Crippen LogP contribution in [0.25, 0.3) is 16.7 Å². The van der Waals surface area contributed by atoms with Gasteiger partial charge in [0.15, 0.2) is 5.69 Å². The first-order valence-electron chi connectivity index (χ1n) is 8.62. The molecule has 2 N–H and O–H groups in total. The Hall–Kier alpha value is -2.91. The fourth-order valence-corrected chi connectivity index (χ4v) is 3.45. The lowest BCUT2D eigenvalue weighted by Gasteiger charge is -2.30. The Morgan fingerprint density at radius 3 is 2.70 bits per heavy atom. The predicted molar refractivity (Wildman–Crippen MR) is 90.3 cm³/mol. The highest BCUT2D eigenvalue weighted by Gasteiger charge is 2.41. The minimum absolute atomic E-state index is 0.0242. The number of nitrogens with one attached hydrogen (secondary N) is 2. The molecule has 1 saturated carbocycles. The summed E-state index contributed by atoms with van der Waals surface area (Å²) >= 11 is 0. The zero-order chi connectivity index (χ0) is 19.0. The molecule has 0 unspecified atom stereocenters. The van der Waals surface area contributed by atoms with Crippen molar-refractivity contribution < 1.29 is 18.0 Å². The molecule has 1 aliphatic carbocycles. The molecule has 0 saturated heterocycles. The number of carbonyl (C=O) groups is 1. The highest BCUT2D eigenvalue weighted by Crippen LogP contribution is 2.37. The molecular weight excluding hydrogens is 361 g/mol. The number of H-pyrrole nitrogens is 1. The average molecular weight is 378 g/mol. The molecule has 0 aliphatic heterocycles. The van der Waals surface area contributed by atoms with Crippen LogP contribution in [-0.4, -0.2) is 42.9 Å². The minimum Gasteiger partial charge on any atom is -0.348 e. The van der Waals surface area contributed by atoms with Crippen molar-refractivity contribution in [2.45, 2.75) is 37.9 Å². The molecule has 10 heteroatoms. The van der Waals surface area contributed by atoms with Crippen LogP contribution in [0.3, 0.4) is 0 Å². The van der Waals surface area contributed by atoms with Crippen LogP contribution in [0.2, 0.25) is 0 Å². The van der Waals surface area contributed by atoms with Gasteiger partial charge in [0.1, 0.15) is 12.1 Å². The molecule has 3 aromatic rings. The number of rotatable bonds is 3. The number of imidazole rings is 1. The second kappa shape index (κ2) is 6.67. The van der Waals surface area contributed by atoms with Crippen molar-refractivity contribution in [2.75, 3.05) is 0 Å². The van der Waals surface area contributed by atoms with Crippen molar-refractivity contribution >= 4 is 16.8 Å². The van der Waals surface area contributed by atoms with Gasteiger partial charge in [0.2, 0.25) is 0 Å². The smallest absolute Gasteiger partial charge is 0.348 e. The Labute approximate surface area is 152 Å². The van der Waals surface area contributed by atoms with Crippen molar-refractivity contribution in [3.8, 4) is 5.82 Å². The second-order valence-corrected chi connectivity index (χ2v) is 6.70. The van der Waals surface area contributed by atoms with E-state index in [1.165, 1.54) is 0 Å². The highest BCUT2D eigenvalue weighted by molar-refractivity contribution is 6.04. The van der Waals surface area contributed by atoms with Gasteiger partial charge in [-0.1, -0.05) is 0 Å². The first-order valence-corrected chi connectivity index (χ1v) is 8.62. The maximum absolute atomic E-state index is 12.8. The molecule has 3 heterocycles. The maximum atomic E-state index is 12.8. The van der Waals surface area contributed by atoms with E-state index in [2.05, 4.69) is 25.5 Å². The Morgan fingerprint density at radius 2 is 2.04 bits per heavy atom. The number of pyridine rings is 1. The normalized spacial score (nSPS) is 20.7. The topological polar surface area (TPSA) is 88.5 Å².